The number of benzene rings is 1. The summed E-state index contributed by atoms with van der Waals surface area (Å²) in [6.45, 7) is 5.64. The molecule has 2 unspecified atom stereocenters. The maximum absolute atomic E-state index is 3.80. The molecule has 106 valence electrons. The van der Waals surface area contributed by atoms with Crippen LogP contribution in [0.1, 0.15) is 63.5 Å². The molecule has 1 fully saturated rings. The lowest BCUT2D eigenvalue weighted by molar-refractivity contribution is 0.425. The Labute approximate surface area is 118 Å². The van der Waals surface area contributed by atoms with Crippen molar-refractivity contribution in [2.45, 2.75) is 71.4 Å². The molecule has 0 amide bonds. The van der Waals surface area contributed by atoms with Crippen molar-refractivity contribution in [3.05, 3.63) is 35.4 Å². The van der Waals surface area contributed by atoms with Gasteiger partial charge in [0.05, 0.1) is 0 Å². The first-order chi connectivity index (χ1) is 9.33. The quantitative estimate of drug-likeness (QED) is 0.756. The van der Waals surface area contributed by atoms with E-state index in [9.17, 15) is 0 Å². The molecule has 0 radical (unpaired) electrons. The van der Waals surface area contributed by atoms with Gasteiger partial charge in [-0.15, -0.1) is 0 Å². The van der Waals surface area contributed by atoms with Gasteiger partial charge in [0.2, 0.25) is 0 Å². The Bertz CT molecular complexity index is 372. The predicted molar refractivity (Wildman–Crippen MR) is 83.3 cm³/mol. The van der Waals surface area contributed by atoms with Crippen molar-refractivity contribution in [3.63, 3.8) is 0 Å². The highest BCUT2D eigenvalue weighted by Crippen LogP contribution is 2.25. The maximum atomic E-state index is 3.80. The highest BCUT2D eigenvalue weighted by atomic mass is 14.9. The standard InChI is InChI=1S/C18H29N/c1-3-15-8-7-11-18(13-12-15)19-14-17-10-6-5-9-16(17)4-2/h5-6,9-10,15,18-19H,3-4,7-8,11-14H2,1-2H3. The van der Waals surface area contributed by atoms with Gasteiger partial charge in [-0.3, -0.25) is 0 Å². The summed E-state index contributed by atoms with van der Waals surface area (Å²) in [6.07, 6.45) is 9.51. The fourth-order valence-corrected chi connectivity index (χ4v) is 3.32. The lowest BCUT2D eigenvalue weighted by Gasteiger charge is -2.18. The Balaban J connectivity index is 1.84. The van der Waals surface area contributed by atoms with Crippen LogP contribution < -0.4 is 5.32 Å². The average Bonchev–Trinajstić information content (AvgIpc) is 2.70. The van der Waals surface area contributed by atoms with E-state index in [1.165, 1.54) is 49.7 Å². The summed E-state index contributed by atoms with van der Waals surface area (Å²) in [4.78, 5) is 0. The monoisotopic (exact) mass is 259 g/mol. The zero-order chi connectivity index (χ0) is 13.5. The molecular formula is C18H29N. The first kappa shape index (κ1) is 14.6. The third-order valence-corrected chi connectivity index (χ3v) is 4.75. The topological polar surface area (TPSA) is 12.0 Å². The summed E-state index contributed by atoms with van der Waals surface area (Å²) >= 11 is 0. The molecule has 1 aromatic carbocycles. The minimum Gasteiger partial charge on any atom is -0.310 e. The Morgan fingerprint density at radius 1 is 1.00 bits per heavy atom. The normalized spacial score (nSPS) is 24.1. The zero-order valence-corrected chi connectivity index (χ0v) is 12.6. The van der Waals surface area contributed by atoms with Crippen molar-refractivity contribution in [3.8, 4) is 0 Å². The van der Waals surface area contributed by atoms with Crippen LogP contribution in [-0.2, 0) is 13.0 Å². The first-order valence-electron chi connectivity index (χ1n) is 8.13. The van der Waals surface area contributed by atoms with Crippen LogP contribution in [0.4, 0.5) is 0 Å². The van der Waals surface area contributed by atoms with E-state index in [2.05, 4.69) is 43.4 Å². The van der Waals surface area contributed by atoms with Gasteiger partial charge < -0.3 is 5.32 Å². The molecule has 1 aromatic rings. The Kier molecular flexibility index (Phi) is 5.91. The summed E-state index contributed by atoms with van der Waals surface area (Å²) in [5.74, 6) is 0.981. The second kappa shape index (κ2) is 7.69. The molecular weight excluding hydrogens is 230 g/mol. The molecule has 0 saturated heterocycles. The van der Waals surface area contributed by atoms with Crippen molar-refractivity contribution in [1.29, 1.82) is 0 Å². The van der Waals surface area contributed by atoms with Crippen LogP contribution in [0.25, 0.3) is 0 Å². The van der Waals surface area contributed by atoms with Gasteiger partial charge in [-0.25, -0.2) is 0 Å². The third kappa shape index (κ3) is 4.35. The minimum absolute atomic E-state index is 0.737. The van der Waals surface area contributed by atoms with E-state index in [0.29, 0.717) is 0 Å². The number of hydrogen-bond acceptors (Lipinski definition) is 1. The van der Waals surface area contributed by atoms with E-state index < -0.39 is 0 Å². The lowest BCUT2D eigenvalue weighted by atomic mass is 9.98. The predicted octanol–water partition coefficient (Wildman–Crippen LogP) is 4.70. The van der Waals surface area contributed by atoms with Gasteiger partial charge in [0.15, 0.2) is 0 Å². The van der Waals surface area contributed by atoms with Crippen molar-refractivity contribution in [2.24, 2.45) is 5.92 Å². The number of rotatable bonds is 5. The molecule has 0 aromatic heterocycles. The van der Waals surface area contributed by atoms with E-state index >= 15 is 0 Å². The molecule has 1 saturated carbocycles. The molecule has 1 aliphatic carbocycles. The van der Waals surface area contributed by atoms with Gasteiger partial charge in [0.1, 0.15) is 0 Å². The average molecular weight is 259 g/mol. The van der Waals surface area contributed by atoms with Gasteiger partial charge in [-0.1, -0.05) is 57.4 Å². The summed E-state index contributed by atoms with van der Waals surface area (Å²) in [5.41, 5.74) is 2.98. The largest absolute Gasteiger partial charge is 0.310 e. The summed E-state index contributed by atoms with van der Waals surface area (Å²) in [5, 5.41) is 3.80. The van der Waals surface area contributed by atoms with Crippen LogP contribution in [0.3, 0.4) is 0 Å². The highest BCUT2D eigenvalue weighted by Gasteiger charge is 2.17. The molecule has 19 heavy (non-hydrogen) atoms. The van der Waals surface area contributed by atoms with Gasteiger partial charge in [0.25, 0.3) is 0 Å². The van der Waals surface area contributed by atoms with E-state index in [1.807, 2.05) is 0 Å². The molecule has 0 bridgehead atoms. The minimum atomic E-state index is 0.737. The summed E-state index contributed by atoms with van der Waals surface area (Å²) in [6, 6.07) is 9.59. The summed E-state index contributed by atoms with van der Waals surface area (Å²) in [7, 11) is 0. The van der Waals surface area contributed by atoms with Crippen molar-refractivity contribution in [2.75, 3.05) is 0 Å². The SMILES string of the molecule is CCc1ccccc1CNC1CCCC(CC)CC1. The second-order valence-corrected chi connectivity index (χ2v) is 5.98. The van der Waals surface area contributed by atoms with Crippen LogP contribution in [0.2, 0.25) is 0 Å². The number of hydrogen-bond donors (Lipinski definition) is 1. The lowest BCUT2D eigenvalue weighted by Crippen LogP contribution is -2.28. The van der Waals surface area contributed by atoms with E-state index in [4.69, 9.17) is 0 Å². The maximum Gasteiger partial charge on any atom is 0.0210 e. The van der Waals surface area contributed by atoms with Gasteiger partial charge in [-0.05, 0) is 42.7 Å². The van der Waals surface area contributed by atoms with E-state index in [1.54, 1.807) is 0 Å². The van der Waals surface area contributed by atoms with Crippen LogP contribution in [0.5, 0.6) is 0 Å². The van der Waals surface area contributed by atoms with Crippen molar-refractivity contribution in [1.82, 2.24) is 5.32 Å². The first-order valence-corrected chi connectivity index (χ1v) is 8.13. The third-order valence-electron chi connectivity index (χ3n) is 4.75. The highest BCUT2D eigenvalue weighted by molar-refractivity contribution is 5.26. The molecule has 2 rings (SSSR count). The van der Waals surface area contributed by atoms with Crippen molar-refractivity contribution >= 4 is 0 Å². The smallest absolute Gasteiger partial charge is 0.0210 e. The molecule has 2 atom stereocenters. The van der Waals surface area contributed by atoms with E-state index in [0.717, 1.165) is 24.9 Å². The Morgan fingerprint density at radius 2 is 1.79 bits per heavy atom. The van der Waals surface area contributed by atoms with Gasteiger partial charge >= 0.3 is 0 Å². The molecule has 1 heteroatoms. The van der Waals surface area contributed by atoms with Gasteiger partial charge in [-0.2, -0.15) is 0 Å². The molecule has 1 aliphatic rings. The van der Waals surface area contributed by atoms with Crippen LogP contribution in [0, 0.1) is 5.92 Å². The Hall–Kier alpha value is -0.820. The van der Waals surface area contributed by atoms with Gasteiger partial charge in [0, 0.05) is 12.6 Å². The summed E-state index contributed by atoms with van der Waals surface area (Å²) < 4.78 is 0. The van der Waals surface area contributed by atoms with Crippen LogP contribution >= 0.6 is 0 Å². The zero-order valence-electron chi connectivity index (χ0n) is 12.6. The fraction of sp³-hybridized carbons (Fsp3) is 0.667. The molecule has 0 heterocycles. The molecule has 0 spiro atoms. The number of nitrogens with one attached hydrogen (secondary N) is 1. The fourth-order valence-electron chi connectivity index (χ4n) is 3.32. The molecule has 0 aliphatic heterocycles. The van der Waals surface area contributed by atoms with E-state index in [-0.39, 0.29) is 0 Å². The molecule has 1 N–H and O–H groups in total. The molecule has 1 nitrogen and oxygen atoms in total. The van der Waals surface area contributed by atoms with Crippen LogP contribution in [0.15, 0.2) is 24.3 Å². The van der Waals surface area contributed by atoms with Crippen molar-refractivity contribution < 1.29 is 0 Å². The van der Waals surface area contributed by atoms with Crippen LogP contribution in [-0.4, -0.2) is 6.04 Å². The number of aryl methyl sites for hydroxylation is 1. The second-order valence-electron chi connectivity index (χ2n) is 5.98. The Morgan fingerprint density at radius 3 is 2.53 bits per heavy atom.